The van der Waals surface area contributed by atoms with Crippen molar-refractivity contribution in [1.82, 2.24) is 10.6 Å². The molecule has 2 N–H and O–H groups in total. The third kappa shape index (κ3) is 5.83. The maximum Gasteiger partial charge on any atom is 0.231 e. The monoisotopic (exact) mass is 431 g/mol. The van der Waals surface area contributed by atoms with Crippen LogP contribution >= 0.6 is 0 Å². The molecule has 4 rings (SSSR count). The average molecular weight is 432 g/mol. The smallest absolute Gasteiger partial charge is 0.231 e. The van der Waals surface area contributed by atoms with Crippen molar-refractivity contribution in [3.8, 4) is 11.5 Å². The van der Waals surface area contributed by atoms with Gasteiger partial charge in [-0.25, -0.2) is 0 Å². The Labute approximate surface area is 185 Å². The Morgan fingerprint density at radius 1 is 1.10 bits per heavy atom. The van der Waals surface area contributed by atoms with Crippen molar-refractivity contribution in [2.24, 2.45) is 4.99 Å². The number of ether oxygens (including phenoxy) is 4. The highest BCUT2D eigenvalue weighted by molar-refractivity contribution is 5.79. The van der Waals surface area contributed by atoms with Gasteiger partial charge >= 0.3 is 0 Å². The van der Waals surface area contributed by atoms with Crippen molar-refractivity contribution in [1.29, 1.82) is 0 Å². The molecule has 1 aromatic carbocycles. The van der Waals surface area contributed by atoms with Crippen molar-refractivity contribution in [3.63, 3.8) is 0 Å². The van der Waals surface area contributed by atoms with Crippen LogP contribution in [-0.4, -0.2) is 58.8 Å². The van der Waals surface area contributed by atoms with Gasteiger partial charge in [0.1, 0.15) is 0 Å². The molecule has 0 spiro atoms. The highest BCUT2D eigenvalue weighted by Gasteiger charge is 2.35. The highest BCUT2D eigenvalue weighted by atomic mass is 16.7. The molecule has 1 aromatic rings. The van der Waals surface area contributed by atoms with Gasteiger partial charge in [-0.1, -0.05) is 25.3 Å². The van der Waals surface area contributed by atoms with E-state index in [0.29, 0.717) is 12.9 Å². The van der Waals surface area contributed by atoms with Gasteiger partial charge in [-0.15, -0.1) is 0 Å². The number of rotatable bonds is 8. The fraction of sp³-hybridized carbons (Fsp3) is 0.708. The normalized spacial score (nSPS) is 21.1. The van der Waals surface area contributed by atoms with E-state index >= 15 is 0 Å². The summed E-state index contributed by atoms with van der Waals surface area (Å²) < 4.78 is 22.8. The van der Waals surface area contributed by atoms with E-state index in [0.717, 1.165) is 69.6 Å². The molecular weight excluding hydrogens is 394 g/mol. The fourth-order valence-corrected chi connectivity index (χ4v) is 4.79. The fourth-order valence-electron chi connectivity index (χ4n) is 4.79. The van der Waals surface area contributed by atoms with E-state index in [1.807, 2.05) is 13.1 Å². The molecule has 1 saturated heterocycles. The molecule has 172 valence electrons. The standard InChI is InChI=1S/C24H37N3O4/c1-25-23(26-12-5-13-29-20-6-3-2-4-7-20)27-17-24(10-14-28-15-11-24)19-8-9-21-22(16-19)31-18-30-21/h8-9,16,20H,2-7,10-15,17-18H2,1H3,(H2,25,26,27). The van der Waals surface area contributed by atoms with Crippen LogP contribution in [0.15, 0.2) is 23.2 Å². The molecule has 3 aliphatic rings. The van der Waals surface area contributed by atoms with E-state index < -0.39 is 0 Å². The predicted molar refractivity (Wildman–Crippen MR) is 121 cm³/mol. The van der Waals surface area contributed by atoms with E-state index in [2.05, 4.69) is 27.8 Å². The lowest BCUT2D eigenvalue weighted by molar-refractivity contribution is 0.0276. The van der Waals surface area contributed by atoms with E-state index in [1.165, 1.54) is 37.7 Å². The van der Waals surface area contributed by atoms with Crippen molar-refractivity contribution >= 4 is 5.96 Å². The summed E-state index contributed by atoms with van der Waals surface area (Å²) in [6.45, 7) is 4.30. The summed E-state index contributed by atoms with van der Waals surface area (Å²) in [5.74, 6) is 2.50. The minimum atomic E-state index is -0.0130. The predicted octanol–water partition coefficient (Wildman–Crippen LogP) is 3.37. The number of aliphatic imine (C=N–C) groups is 1. The first-order valence-corrected chi connectivity index (χ1v) is 11.8. The van der Waals surface area contributed by atoms with Crippen molar-refractivity contribution < 1.29 is 18.9 Å². The van der Waals surface area contributed by atoms with E-state index in [-0.39, 0.29) is 5.41 Å². The molecule has 1 saturated carbocycles. The zero-order valence-corrected chi connectivity index (χ0v) is 18.8. The van der Waals surface area contributed by atoms with Crippen LogP contribution < -0.4 is 20.1 Å². The van der Waals surface area contributed by atoms with Gasteiger partial charge in [-0.05, 0) is 49.8 Å². The second-order valence-corrected chi connectivity index (χ2v) is 8.80. The number of benzene rings is 1. The first kappa shape index (κ1) is 22.2. The molecule has 0 radical (unpaired) electrons. The lowest BCUT2D eigenvalue weighted by Gasteiger charge is -2.38. The van der Waals surface area contributed by atoms with E-state index in [4.69, 9.17) is 18.9 Å². The van der Waals surface area contributed by atoms with Crippen molar-refractivity contribution in [2.45, 2.75) is 62.9 Å². The Hall–Kier alpha value is -1.99. The number of hydrogen-bond acceptors (Lipinski definition) is 5. The molecule has 2 heterocycles. The van der Waals surface area contributed by atoms with Crippen LogP contribution in [0.4, 0.5) is 0 Å². The quantitative estimate of drug-likeness (QED) is 0.374. The third-order valence-electron chi connectivity index (χ3n) is 6.77. The largest absolute Gasteiger partial charge is 0.454 e. The summed E-state index contributed by atoms with van der Waals surface area (Å²) in [5, 5.41) is 7.00. The number of nitrogens with one attached hydrogen (secondary N) is 2. The van der Waals surface area contributed by atoms with Crippen LogP contribution in [0.2, 0.25) is 0 Å². The second-order valence-electron chi connectivity index (χ2n) is 8.80. The number of nitrogens with zero attached hydrogens (tertiary/aromatic N) is 1. The summed E-state index contributed by atoms with van der Waals surface area (Å²) in [7, 11) is 1.82. The van der Waals surface area contributed by atoms with Crippen LogP contribution in [0.25, 0.3) is 0 Å². The summed E-state index contributed by atoms with van der Waals surface area (Å²) in [6, 6.07) is 6.32. The van der Waals surface area contributed by atoms with Gasteiger partial charge in [-0.2, -0.15) is 0 Å². The molecule has 7 heteroatoms. The summed E-state index contributed by atoms with van der Waals surface area (Å²) >= 11 is 0. The van der Waals surface area contributed by atoms with Gasteiger partial charge in [0, 0.05) is 45.4 Å². The van der Waals surface area contributed by atoms with Crippen LogP contribution in [-0.2, 0) is 14.9 Å². The molecule has 7 nitrogen and oxygen atoms in total. The Bertz CT molecular complexity index is 728. The molecule has 0 atom stereocenters. The van der Waals surface area contributed by atoms with Gasteiger partial charge in [0.2, 0.25) is 6.79 Å². The molecule has 31 heavy (non-hydrogen) atoms. The lowest BCUT2D eigenvalue weighted by atomic mass is 9.74. The van der Waals surface area contributed by atoms with Crippen LogP contribution in [0, 0.1) is 0 Å². The first-order valence-electron chi connectivity index (χ1n) is 11.8. The van der Waals surface area contributed by atoms with Crippen LogP contribution in [0.1, 0.15) is 56.9 Å². The van der Waals surface area contributed by atoms with Gasteiger partial charge in [0.15, 0.2) is 17.5 Å². The molecule has 0 amide bonds. The van der Waals surface area contributed by atoms with Gasteiger partial charge < -0.3 is 29.6 Å². The van der Waals surface area contributed by atoms with Crippen LogP contribution in [0.3, 0.4) is 0 Å². The Kier molecular flexibility index (Phi) is 7.92. The Balaban J connectivity index is 1.27. The van der Waals surface area contributed by atoms with Crippen molar-refractivity contribution in [3.05, 3.63) is 23.8 Å². The van der Waals surface area contributed by atoms with Gasteiger partial charge in [0.25, 0.3) is 0 Å². The van der Waals surface area contributed by atoms with E-state index in [9.17, 15) is 0 Å². The molecule has 2 aliphatic heterocycles. The molecule has 0 bridgehead atoms. The van der Waals surface area contributed by atoms with Gasteiger partial charge in [0.05, 0.1) is 6.10 Å². The van der Waals surface area contributed by atoms with Crippen molar-refractivity contribution in [2.75, 3.05) is 46.8 Å². The SMILES string of the molecule is CN=C(NCCCOC1CCCCC1)NCC1(c2ccc3c(c2)OCO3)CCOCC1. The zero-order chi connectivity index (χ0) is 21.4. The minimum Gasteiger partial charge on any atom is -0.454 e. The topological polar surface area (TPSA) is 73.3 Å². The average Bonchev–Trinajstić information content (AvgIpc) is 3.30. The van der Waals surface area contributed by atoms with Crippen LogP contribution in [0.5, 0.6) is 11.5 Å². The molecule has 1 aliphatic carbocycles. The minimum absolute atomic E-state index is 0.0130. The number of fused-ring (bicyclic) bond motifs is 1. The molecule has 2 fully saturated rings. The third-order valence-corrected chi connectivity index (χ3v) is 6.77. The number of hydrogen-bond donors (Lipinski definition) is 2. The summed E-state index contributed by atoms with van der Waals surface area (Å²) in [6.07, 6.45) is 9.83. The highest BCUT2D eigenvalue weighted by Crippen LogP contribution is 2.40. The maximum atomic E-state index is 6.03. The van der Waals surface area contributed by atoms with E-state index in [1.54, 1.807) is 0 Å². The molecule has 0 aromatic heterocycles. The number of guanidine groups is 1. The molecule has 0 unspecified atom stereocenters. The Morgan fingerprint density at radius 3 is 2.71 bits per heavy atom. The van der Waals surface area contributed by atoms with Gasteiger partial charge in [-0.3, -0.25) is 4.99 Å². The second kappa shape index (κ2) is 11.0. The first-order chi connectivity index (χ1) is 15.3. The summed E-state index contributed by atoms with van der Waals surface area (Å²) in [4.78, 5) is 4.42. The summed E-state index contributed by atoms with van der Waals surface area (Å²) in [5.41, 5.74) is 1.25. The molecular formula is C24H37N3O4. The maximum absolute atomic E-state index is 6.03. The Morgan fingerprint density at radius 2 is 1.90 bits per heavy atom. The lowest BCUT2D eigenvalue weighted by Crippen LogP contribution is -2.48. The zero-order valence-electron chi connectivity index (χ0n) is 18.8.